The van der Waals surface area contributed by atoms with E-state index in [1.165, 1.54) is 18.1 Å². The zero-order valence-corrected chi connectivity index (χ0v) is 21.3. The lowest BCUT2D eigenvalue weighted by Crippen LogP contribution is -2.58. The highest BCUT2D eigenvalue weighted by Gasteiger charge is 2.68. The summed E-state index contributed by atoms with van der Waals surface area (Å²) in [5, 5.41) is 0. The van der Waals surface area contributed by atoms with E-state index in [1.54, 1.807) is 6.92 Å². The topological polar surface area (TPSA) is 60.4 Å². The molecule has 0 radical (unpaired) electrons. The monoisotopic (exact) mass is 540 g/mol. The predicted molar refractivity (Wildman–Crippen MR) is 122 cm³/mol. The second-order valence-electron chi connectivity index (χ2n) is 10.2. The van der Waals surface area contributed by atoms with Crippen LogP contribution in [0.2, 0.25) is 0 Å². The molecule has 4 aliphatic rings. The van der Waals surface area contributed by atoms with E-state index in [0.717, 1.165) is 35.5 Å². The van der Waals surface area contributed by atoms with Crippen LogP contribution in [0.4, 0.5) is 0 Å². The Hall–Kier alpha value is -0.750. The third-order valence-electron chi connectivity index (χ3n) is 9.07. The molecule has 4 rings (SSSR count). The van der Waals surface area contributed by atoms with Gasteiger partial charge in [0.25, 0.3) is 0 Å². The molecule has 0 aromatic carbocycles. The molecule has 0 aliphatic heterocycles. The Morgan fingerprint density at radius 3 is 2.33 bits per heavy atom. The molecule has 3 saturated carbocycles. The molecule has 30 heavy (non-hydrogen) atoms. The van der Waals surface area contributed by atoms with Gasteiger partial charge in [0.2, 0.25) is 0 Å². The number of ether oxygens (including phenoxy) is 1. The van der Waals surface area contributed by atoms with E-state index >= 15 is 0 Å². The first kappa shape index (κ1) is 22.4. The molecule has 0 heterocycles. The highest BCUT2D eigenvalue weighted by Crippen LogP contribution is 2.69. The predicted octanol–water partition coefficient (Wildman–Crippen LogP) is 6.02. The average molecular weight is 542 g/mol. The van der Waals surface area contributed by atoms with Crippen molar-refractivity contribution in [2.75, 3.05) is 0 Å². The van der Waals surface area contributed by atoms with Gasteiger partial charge in [-0.15, -0.1) is 0 Å². The number of fused-ring (bicyclic) bond motifs is 5. The summed E-state index contributed by atoms with van der Waals surface area (Å²) >= 11 is 7.29. The smallest absolute Gasteiger partial charge is 0.303 e. The Morgan fingerprint density at radius 2 is 1.73 bits per heavy atom. The van der Waals surface area contributed by atoms with Crippen molar-refractivity contribution >= 4 is 49.4 Å². The van der Waals surface area contributed by atoms with Crippen molar-refractivity contribution in [3.63, 3.8) is 0 Å². The molecule has 0 unspecified atom stereocenters. The minimum absolute atomic E-state index is 0.0237. The number of Topliss-reactive ketones (excluding diaryl/α,β-unsaturated/α-hetero) is 1. The van der Waals surface area contributed by atoms with Gasteiger partial charge in [0.05, 0.1) is 3.39 Å². The van der Waals surface area contributed by atoms with Gasteiger partial charge in [-0.1, -0.05) is 13.8 Å². The maximum absolute atomic E-state index is 12.9. The average Bonchev–Trinajstić information content (AvgIpc) is 2.95. The van der Waals surface area contributed by atoms with Crippen LogP contribution in [0.3, 0.4) is 0 Å². The van der Waals surface area contributed by atoms with Gasteiger partial charge in [-0.25, -0.2) is 0 Å². The van der Waals surface area contributed by atoms with Crippen LogP contribution in [0.1, 0.15) is 72.6 Å². The van der Waals surface area contributed by atoms with Crippen LogP contribution in [0, 0.1) is 28.6 Å². The Bertz CT molecular complexity index is 886. The summed E-state index contributed by atoms with van der Waals surface area (Å²) in [6, 6.07) is 0. The maximum Gasteiger partial charge on any atom is 0.303 e. The van der Waals surface area contributed by atoms with E-state index in [1.807, 2.05) is 6.08 Å². The van der Waals surface area contributed by atoms with Crippen molar-refractivity contribution in [1.82, 2.24) is 0 Å². The number of hydrogen-bond donors (Lipinski definition) is 0. The van der Waals surface area contributed by atoms with Gasteiger partial charge < -0.3 is 4.74 Å². The summed E-state index contributed by atoms with van der Waals surface area (Å²) in [7, 11) is 0. The molecule has 0 N–H and O–H groups in total. The van der Waals surface area contributed by atoms with Gasteiger partial charge in [0.15, 0.2) is 17.2 Å². The standard InChI is InChI=1S/C24H30Br2O4/c1-13(27)24(30-14(2)28)10-7-19-16-12-17(21(25)26)20-11-15(29)5-8-22(20,3)18(16)6-9-23(19,24)4/h11,16,18-19H,5-10,12H2,1-4H3/t16-,18+,19+,22-,23+,24+/m1/s1. The van der Waals surface area contributed by atoms with Gasteiger partial charge in [-0.3, -0.25) is 14.4 Å². The number of hydrogen-bond acceptors (Lipinski definition) is 4. The van der Waals surface area contributed by atoms with Crippen LogP contribution in [-0.4, -0.2) is 23.1 Å². The molecule has 4 nitrogen and oxygen atoms in total. The van der Waals surface area contributed by atoms with Crippen molar-refractivity contribution in [1.29, 1.82) is 0 Å². The first-order valence-electron chi connectivity index (χ1n) is 11.0. The number of carbonyl (C=O) groups excluding carboxylic acids is 3. The molecule has 0 saturated heterocycles. The summed E-state index contributed by atoms with van der Waals surface area (Å²) in [6.07, 6.45) is 7.59. The van der Waals surface area contributed by atoms with E-state index < -0.39 is 5.60 Å². The quantitative estimate of drug-likeness (QED) is 0.401. The minimum atomic E-state index is -1.01. The molecular weight excluding hydrogens is 512 g/mol. The zero-order valence-electron chi connectivity index (χ0n) is 18.1. The Labute approximate surface area is 195 Å². The van der Waals surface area contributed by atoms with Crippen LogP contribution in [0.5, 0.6) is 0 Å². The fourth-order valence-corrected chi connectivity index (χ4v) is 8.43. The molecule has 0 aromatic rings. The fraction of sp³-hybridized carbons (Fsp3) is 0.708. The molecule has 3 fully saturated rings. The molecule has 0 aromatic heterocycles. The van der Waals surface area contributed by atoms with E-state index in [9.17, 15) is 14.4 Å². The summed E-state index contributed by atoms with van der Waals surface area (Å²) in [4.78, 5) is 37.1. The van der Waals surface area contributed by atoms with E-state index in [4.69, 9.17) is 4.74 Å². The Balaban J connectivity index is 1.80. The van der Waals surface area contributed by atoms with Gasteiger partial charge in [0.1, 0.15) is 0 Å². The van der Waals surface area contributed by atoms with Gasteiger partial charge in [-0.2, -0.15) is 0 Å². The normalized spacial score (nSPS) is 42.6. The number of ketones is 2. The van der Waals surface area contributed by atoms with E-state index in [2.05, 4.69) is 45.7 Å². The molecule has 0 bridgehead atoms. The third-order valence-corrected chi connectivity index (χ3v) is 10.0. The lowest BCUT2D eigenvalue weighted by molar-refractivity contribution is -0.186. The Morgan fingerprint density at radius 1 is 1.07 bits per heavy atom. The summed E-state index contributed by atoms with van der Waals surface area (Å²) < 4.78 is 6.78. The van der Waals surface area contributed by atoms with Crippen molar-refractivity contribution in [3.8, 4) is 0 Å². The van der Waals surface area contributed by atoms with Crippen molar-refractivity contribution in [2.24, 2.45) is 28.6 Å². The molecule has 0 amide bonds. The SMILES string of the molecule is CC(=O)O[C@]1(C(C)=O)CC[C@H]2[C@@H]3CC(=C(Br)Br)C4=CC(=O)CC[C@]4(C)[C@H]3CC[C@@]21C. The van der Waals surface area contributed by atoms with Crippen LogP contribution >= 0.6 is 31.9 Å². The fourth-order valence-electron chi connectivity index (χ4n) is 7.68. The number of rotatable bonds is 2. The lowest BCUT2D eigenvalue weighted by Gasteiger charge is -2.59. The highest BCUT2D eigenvalue weighted by atomic mass is 79.9. The Kier molecular flexibility index (Phi) is 5.53. The van der Waals surface area contributed by atoms with Gasteiger partial charge in [0, 0.05) is 18.8 Å². The highest BCUT2D eigenvalue weighted by molar-refractivity contribution is 9.28. The third kappa shape index (κ3) is 2.99. The minimum Gasteiger partial charge on any atom is -0.451 e. The lowest BCUT2D eigenvalue weighted by atomic mass is 9.45. The molecule has 6 atom stereocenters. The van der Waals surface area contributed by atoms with Crippen molar-refractivity contribution in [3.05, 3.63) is 20.6 Å². The van der Waals surface area contributed by atoms with E-state index in [0.29, 0.717) is 30.6 Å². The van der Waals surface area contributed by atoms with Crippen LogP contribution in [0.15, 0.2) is 20.6 Å². The van der Waals surface area contributed by atoms with Crippen LogP contribution in [0.25, 0.3) is 0 Å². The van der Waals surface area contributed by atoms with Gasteiger partial charge in [-0.05, 0) is 118 Å². The number of allylic oxidation sites excluding steroid dienone is 2. The summed E-state index contributed by atoms with van der Waals surface area (Å²) in [6.45, 7) is 7.50. The molecule has 0 spiro atoms. The molecule has 6 heteroatoms. The number of esters is 1. The molecule has 4 aliphatic carbocycles. The second-order valence-corrected chi connectivity index (χ2v) is 12.9. The van der Waals surface area contributed by atoms with E-state index in [-0.39, 0.29) is 28.4 Å². The van der Waals surface area contributed by atoms with Crippen molar-refractivity contribution < 1.29 is 19.1 Å². The number of halogens is 2. The summed E-state index contributed by atoms with van der Waals surface area (Å²) in [5.74, 6) is 1.000. The van der Waals surface area contributed by atoms with Crippen molar-refractivity contribution in [2.45, 2.75) is 78.2 Å². The summed E-state index contributed by atoms with van der Waals surface area (Å²) in [5.41, 5.74) is 0.969. The van der Waals surface area contributed by atoms with Crippen LogP contribution in [-0.2, 0) is 19.1 Å². The first-order chi connectivity index (χ1) is 14.0. The number of carbonyl (C=O) groups is 3. The molecule has 164 valence electrons. The van der Waals surface area contributed by atoms with Crippen LogP contribution < -0.4 is 0 Å². The molecular formula is C24H30Br2O4. The van der Waals surface area contributed by atoms with Gasteiger partial charge >= 0.3 is 5.97 Å². The largest absolute Gasteiger partial charge is 0.451 e. The maximum atomic E-state index is 12.9. The second kappa shape index (κ2) is 7.40. The first-order valence-corrected chi connectivity index (χ1v) is 12.5. The zero-order chi connectivity index (χ0) is 22.1.